The van der Waals surface area contributed by atoms with Crippen LogP contribution in [0.3, 0.4) is 0 Å². The molecule has 1 atom stereocenters. The van der Waals surface area contributed by atoms with Gasteiger partial charge in [0.25, 0.3) is 0 Å². The van der Waals surface area contributed by atoms with Crippen molar-refractivity contribution < 1.29 is 19.8 Å². The normalized spacial score (nSPS) is 12.2. The molecular formula is C15H19NO4. The molecule has 0 saturated carbocycles. The van der Waals surface area contributed by atoms with E-state index in [9.17, 15) is 9.59 Å². The number of phenolic OH excluding ortho intramolecular Hbond substituents is 1. The van der Waals surface area contributed by atoms with Gasteiger partial charge in [-0.15, -0.1) is 0 Å². The summed E-state index contributed by atoms with van der Waals surface area (Å²) in [5.41, 5.74) is 0.816. The number of aromatic hydroxyl groups is 1. The minimum absolute atomic E-state index is 0.0636. The Balaban J connectivity index is 2.35. The van der Waals surface area contributed by atoms with Crippen LogP contribution in [0, 0.1) is 0 Å². The first kappa shape index (κ1) is 15.8. The van der Waals surface area contributed by atoms with Crippen molar-refractivity contribution in [2.75, 3.05) is 0 Å². The van der Waals surface area contributed by atoms with Gasteiger partial charge in [0.05, 0.1) is 0 Å². The number of carboxylic acids is 1. The zero-order valence-corrected chi connectivity index (χ0v) is 11.4. The molecule has 0 aliphatic rings. The molecule has 0 aliphatic carbocycles. The lowest BCUT2D eigenvalue weighted by Crippen LogP contribution is -2.31. The molecule has 1 aromatic carbocycles. The fourth-order valence-electron chi connectivity index (χ4n) is 1.68. The lowest BCUT2D eigenvalue weighted by molar-refractivity contribution is -0.137. The van der Waals surface area contributed by atoms with E-state index in [0.717, 1.165) is 5.56 Å². The van der Waals surface area contributed by atoms with Crippen molar-refractivity contribution in [2.24, 2.45) is 0 Å². The van der Waals surface area contributed by atoms with E-state index < -0.39 is 5.97 Å². The number of rotatable bonds is 7. The first-order chi connectivity index (χ1) is 9.47. The molecule has 0 bridgehead atoms. The Morgan fingerprint density at radius 2 is 1.95 bits per heavy atom. The third-order valence-electron chi connectivity index (χ3n) is 2.74. The highest BCUT2D eigenvalue weighted by atomic mass is 16.4. The van der Waals surface area contributed by atoms with E-state index in [1.807, 2.05) is 6.92 Å². The van der Waals surface area contributed by atoms with Gasteiger partial charge in [-0.1, -0.05) is 12.1 Å². The van der Waals surface area contributed by atoms with Gasteiger partial charge in [0.1, 0.15) is 5.75 Å². The van der Waals surface area contributed by atoms with Crippen molar-refractivity contribution in [3.05, 3.63) is 35.9 Å². The lowest BCUT2D eigenvalue weighted by atomic mass is 10.1. The topological polar surface area (TPSA) is 86.6 Å². The summed E-state index contributed by atoms with van der Waals surface area (Å²) in [5.74, 6) is -0.865. The molecule has 0 radical (unpaired) electrons. The number of amides is 1. The predicted octanol–water partition coefficient (Wildman–Crippen LogP) is 2.17. The quantitative estimate of drug-likeness (QED) is 0.667. The van der Waals surface area contributed by atoms with E-state index in [2.05, 4.69) is 5.32 Å². The molecule has 0 spiro atoms. The predicted molar refractivity (Wildman–Crippen MR) is 76.2 cm³/mol. The van der Waals surface area contributed by atoms with Crippen LogP contribution in [0.2, 0.25) is 0 Å². The van der Waals surface area contributed by atoms with Crippen LogP contribution in [0.4, 0.5) is 0 Å². The molecule has 0 fully saturated rings. The van der Waals surface area contributed by atoms with Crippen LogP contribution < -0.4 is 5.32 Å². The van der Waals surface area contributed by atoms with E-state index in [0.29, 0.717) is 12.8 Å². The minimum Gasteiger partial charge on any atom is -0.508 e. The third-order valence-corrected chi connectivity index (χ3v) is 2.74. The Labute approximate surface area is 117 Å². The van der Waals surface area contributed by atoms with Gasteiger partial charge in [0.2, 0.25) is 5.91 Å². The second-order valence-corrected chi connectivity index (χ2v) is 4.62. The fraction of sp³-hybridized carbons (Fsp3) is 0.333. The molecular weight excluding hydrogens is 258 g/mol. The average molecular weight is 277 g/mol. The van der Waals surface area contributed by atoms with Crippen LogP contribution in [-0.4, -0.2) is 28.1 Å². The van der Waals surface area contributed by atoms with Crippen LogP contribution in [0.1, 0.15) is 31.7 Å². The van der Waals surface area contributed by atoms with E-state index in [-0.39, 0.29) is 24.1 Å². The summed E-state index contributed by atoms with van der Waals surface area (Å²) < 4.78 is 0. The van der Waals surface area contributed by atoms with Crippen LogP contribution >= 0.6 is 0 Å². The number of benzene rings is 1. The van der Waals surface area contributed by atoms with E-state index in [1.54, 1.807) is 30.3 Å². The lowest BCUT2D eigenvalue weighted by Gasteiger charge is -2.11. The van der Waals surface area contributed by atoms with E-state index in [1.165, 1.54) is 6.08 Å². The summed E-state index contributed by atoms with van der Waals surface area (Å²) in [6.07, 6.45) is 4.35. The molecule has 0 aromatic heterocycles. The van der Waals surface area contributed by atoms with Crippen LogP contribution in [0.5, 0.6) is 5.75 Å². The summed E-state index contributed by atoms with van der Waals surface area (Å²) in [5, 5.41) is 20.4. The number of carboxylic acid groups (broad SMARTS) is 1. The van der Waals surface area contributed by atoms with Crippen molar-refractivity contribution in [2.45, 2.75) is 32.2 Å². The Morgan fingerprint density at radius 1 is 1.30 bits per heavy atom. The Morgan fingerprint density at radius 3 is 2.55 bits per heavy atom. The number of hydrogen-bond donors (Lipinski definition) is 3. The van der Waals surface area contributed by atoms with Crippen LogP contribution in [0.15, 0.2) is 30.3 Å². The first-order valence-corrected chi connectivity index (χ1v) is 6.47. The molecule has 5 nitrogen and oxygen atoms in total. The summed E-state index contributed by atoms with van der Waals surface area (Å²) in [6, 6.07) is 6.44. The van der Waals surface area contributed by atoms with Crippen molar-refractivity contribution in [1.29, 1.82) is 0 Å². The molecule has 1 amide bonds. The van der Waals surface area contributed by atoms with Gasteiger partial charge in [-0.05, 0) is 43.5 Å². The summed E-state index contributed by atoms with van der Waals surface area (Å²) >= 11 is 0. The van der Waals surface area contributed by atoms with Gasteiger partial charge in [-0.25, -0.2) is 0 Å². The highest BCUT2D eigenvalue weighted by molar-refractivity contribution is 5.91. The maximum Gasteiger partial charge on any atom is 0.303 e. The highest BCUT2D eigenvalue weighted by Crippen LogP contribution is 2.10. The van der Waals surface area contributed by atoms with E-state index in [4.69, 9.17) is 10.2 Å². The molecule has 5 heteroatoms. The maximum absolute atomic E-state index is 11.6. The fourth-order valence-corrected chi connectivity index (χ4v) is 1.68. The number of phenols is 1. The highest BCUT2D eigenvalue weighted by Gasteiger charge is 2.05. The molecule has 1 aromatic rings. The van der Waals surface area contributed by atoms with Gasteiger partial charge >= 0.3 is 5.97 Å². The standard InChI is InChI=1S/C15H19NO4/c1-11(3-2-4-15(19)20)16-14(18)10-7-12-5-8-13(17)9-6-12/h5-11,17H,2-4H2,1H3,(H,16,18)(H,19,20)/b10-7+. The molecule has 0 saturated heterocycles. The Kier molecular flexibility index (Phi) is 6.29. The molecule has 0 aliphatic heterocycles. The number of hydrogen-bond acceptors (Lipinski definition) is 3. The van der Waals surface area contributed by atoms with Crippen LogP contribution in [-0.2, 0) is 9.59 Å². The zero-order chi connectivity index (χ0) is 15.0. The molecule has 108 valence electrons. The summed E-state index contributed by atoms with van der Waals surface area (Å²) in [7, 11) is 0. The molecule has 20 heavy (non-hydrogen) atoms. The van der Waals surface area contributed by atoms with Crippen molar-refractivity contribution >= 4 is 18.0 Å². The van der Waals surface area contributed by atoms with Gasteiger partial charge in [0.15, 0.2) is 0 Å². The summed E-state index contributed by atoms with van der Waals surface area (Å²) in [4.78, 5) is 22.0. The monoisotopic (exact) mass is 277 g/mol. The molecule has 1 rings (SSSR count). The maximum atomic E-state index is 11.6. The molecule has 0 heterocycles. The third kappa shape index (κ3) is 6.58. The Hall–Kier alpha value is -2.30. The van der Waals surface area contributed by atoms with Gasteiger partial charge in [-0.2, -0.15) is 0 Å². The van der Waals surface area contributed by atoms with Crippen LogP contribution in [0.25, 0.3) is 6.08 Å². The van der Waals surface area contributed by atoms with Gasteiger partial charge in [-0.3, -0.25) is 9.59 Å². The minimum atomic E-state index is -0.823. The largest absolute Gasteiger partial charge is 0.508 e. The van der Waals surface area contributed by atoms with Crippen molar-refractivity contribution in [3.8, 4) is 5.75 Å². The number of carbonyl (C=O) groups excluding carboxylic acids is 1. The SMILES string of the molecule is CC(CCCC(=O)O)NC(=O)/C=C/c1ccc(O)cc1. The first-order valence-electron chi connectivity index (χ1n) is 6.47. The number of nitrogens with one attached hydrogen (secondary N) is 1. The Bertz CT molecular complexity index is 479. The second-order valence-electron chi connectivity index (χ2n) is 4.62. The molecule has 1 unspecified atom stereocenters. The zero-order valence-electron chi connectivity index (χ0n) is 11.4. The van der Waals surface area contributed by atoms with Crippen molar-refractivity contribution in [1.82, 2.24) is 5.32 Å². The number of aliphatic carboxylic acids is 1. The summed E-state index contributed by atoms with van der Waals surface area (Å²) in [6.45, 7) is 1.84. The average Bonchev–Trinajstić information content (AvgIpc) is 2.37. The van der Waals surface area contributed by atoms with Gasteiger partial charge in [0, 0.05) is 18.5 Å². The van der Waals surface area contributed by atoms with E-state index >= 15 is 0 Å². The molecule has 3 N–H and O–H groups in total. The van der Waals surface area contributed by atoms with Gasteiger partial charge < -0.3 is 15.5 Å². The second kappa shape index (κ2) is 7.99. The van der Waals surface area contributed by atoms with Crippen molar-refractivity contribution in [3.63, 3.8) is 0 Å². The smallest absolute Gasteiger partial charge is 0.303 e. The number of carbonyl (C=O) groups is 2.